The molecule has 118 valence electrons. The van der Waals surface area contributed by atoms with E-state index in [-0.39, 0.29) is 0 Å². The number of nitrogens with zero attached hydrogens (tertiary/aromatic N) is 3. The fraction of sp³-hybridized carbons (Fsp3) is 0.526. The first kappa shape index (κ1) is 15.3. The Morgan fingerprint density at radius 2 is 1.91 bits per heavy atom. The molecular formula is C19H27N3. The standard InChI is InChI=1S/C19H27N3/c1-5-22-15-20-11-17(22)12-21(4)14-19(13-18(19,2)3)16-9-7-6-8-10-16/h6-11,15H,5,12-14H2,1-4H3. The summed E-state index contributed by atoms with van der Waals surface area (Å²) in [4.78, 5) is 6.73. The van der Waals surface area contributed by atoms with Gasteiger partial charge in [-0.05, 0) is 31.4 Å². The van der Waals surface area contributed by atoms with Crippen LogP contribution >= 0.6 is 0 Å². The van der Waals surface area contributed by atoms with Gasteiger partial charge in [-0.25, -0.2) is 4.98 Å². The van der Waals surface area contributed by atoms with Gasteiger partial charge in [0.15, 0.2) is 0 Å². The Morgan fingerprint density at radius 1 is 1.23 bits per heavy atom. The highest BCUT2D eigenvalue weighted by molar-refractivity contribution is 5.37. The minimum atomic E-state index is 0.292. The maximum absolute atomic E-state index is 4.28. The number of aryl methyl sites for hydroxylation is 1. The Hall–Kier alpha value is -1.61. The van der Waals surface area contributed by atoms with Crippen LogP contribution < -0.4 is 0 Å². The molecule has 1 aromatic carbocycles. The van der Waals surface area contributed by atoms with E-state index in [4.69, 9.17) is 0 Å². The lowest BCUT2D eigenvalue weighted by Gasteiger charge is -2.27. The highest BCUT2D eigenvalue weighted by Crippen LogP contribution is 2.64. The third-order valence-corrected chi connectivity index (χ3v) is 5.35. The second-order valence-electron chi connectivity index (χ2n) is 7.35. The fourth-order valence-electron chi connectivity index (χ4n) is 3.88. The van der Waals surface area contributed by atoms with Crippen molar-refractivity contribution in [2.24, 2.45) is 5.41 Å². The van der Waals surface area contributed by atoms with Gasteiger partial charge in [0.1, 0.15) is 0 Å². The van der Waals surface area contributed by atoms with Gasteiger partial charge in [0, 0.05) is 31.2 Å². The number of hydrogen-bond acceptors (Lipinski definition) is 2. The zero-order valence-electron chi connectivity index (χ0n) is 14.2. The molecule has 1 atom stereocenters. The number of aromatic nitrogens is 2. The summed E-state index contributed by atoms with van der Waals surface area (Å²) >= 11 is 0. The van der Waals surface area contributed by atoms with Crippen LogP contribution in [0.2, 0.25) is 0 Å². The van der Waals surface area contributed by atoms with E-state index in [9.17, 15) is 0 Å². The Kier molecular flexibility index (Phi) is 3.85. The van der Waals surface area contributed by atoms with Gasteiger partial charge in [0.2, 0.25) is 0 Å². The lowest BCUT2D eigenvalue weighted by Crippen LogP contribution is -2.32. The van der Waals surface area contributed by atoms with Crippen molar-refractivity contribution >= 4 is 0 Å². The van der Waals surface area contributed by atoms with E-state index in [2.05, 4.69) is 72.6 Å². The van der Waals surface area contributed by atoms with Gasteiger partial charge in [-0.15, -0.1) is 0 Å². The molecule has 1 heterocycles. The quantitative estimate of drug-likeness (QED) is 0.810. The van der Waals surface area contributed by atoms with Crippen molar-refractivity contribution in [3.05, 3.63) is 54.1 Å². The second kappa shape index (κ2) is 5.54. The summed E-state index contributed by atoms with van der Waals surface area (Å²) < 4.78 is 2.23. The van der Waals surface area contributed by atoms with Crippen LogP contribution in [-0.4, -0.2) is 28.0 Å². The number of likely N-dealkylation sites (N-methyl/N-ethyl adjacent to an activating group) is 1. The SMILES string of the molecule is CCn1cncc1CN(C)CC1(c2ccccc2)CC1(C)C. The maximum atomic E-state index is 4.28. The van der Waals surface area contributed by atoms with Crippen molar-refractivity contribution in [2.45, 2.75) is 45.7 Å². The molecule has 0 saturated heterocycles. The lowest BCUT2D eigenvalue weighted by atomic mass is 9.87. The van der Waals surface area contributed by atoms with Gasteiger partial charge >= 0.3 is 0 Å². The average Bonchev–Trinajstić information content (AvgIpc) is 2.84. The smallest absolute Gasteiger partial charge is 0.0948 e. The lowest BCUT2D eigenvalue weighted by molar-refractivity contribution is 0.265. The van der Waals surface area contributed by atoms with Gasteiger partial charge in [-0.3, -0.25) is 4.90 Å². The maximum Gasteiger partial charge on any atom is 0.0948 e. The molecule has 1 aliphatic carbocycles. The minimum Gasteiger partial charge on any atom is -0.334 e. The average molecular weight is 297 g/mol. The molecule has 3 rings (SSSR count). The predicted octanol–water partition coefficient (Wildman–Crippen LogP) is 3.70. The first-order valence-electron chi connectivity index (χ1n) is 8.21. The van der Waals surface area contributed by atoms with E-state index in [1.807, 2.05) is 12.5 Å². The van der Waals surface area contributed by atoms with Crippen LogP contribution in [0.5, 0.6) is 0 Å². The van der Waals surface area contributed by atoms with E-state index in [1.165, 1.54) is 17.7 Å². The summed E-state index contributed by atoms with van der Waals surface area (Å²) in [5.41, 5.74) is 3.45. The first-order valence-corrected chi connectivity index (χ1v) is 8.21. The van der Waals surface area contributed by atoms with Crippen LogP contribution in [0.1, 0.15) is 38.4 Å². The Morgan fingerprint density at radius 3 is 2.50 bits per heavy atom. The third-order valence-electron chi connectivity index (χ3n) is 5.35. The Labute approximate surface area is 134 Å². The zero-order valence-corrected chi connectivity index (χ0v) is 14.2. The molecule has 2 aromatic rings. The van der Waals surface area contributed by atoms with Gasteiger partial charge < -0.3 is 4.57 Å². The Balaban J connectivity index is 1.76. The van der Waals surface area contributed by atoms with Crippen molar-refractivity contribution in [2.75, 3.05) is 13.6 Å². The summed E-state index contributed by atoms with van der Waals surface area (Å²) in [6.07, 6.45) is 5.19. The topological polar surface area (TPSA) is 21.1 Å². The van der Waals surface area contributed by atoms with Crippen LogP contribution in [-0.2, 0) is 18.5 Å². The van der Waals surface area contributed by atoms with Crippen molar-refractivity contribution in [1.29, 1.82) is 0 Å². The van der Waals surface area contributed by atoms with E-state index in [0.717, 1.165) is 19.6 Å². The van der Waals surface area contributed by atoms with Gasteiger partial charge in [-0.2, -0.15) is 0 Å². The molecule has 3 heteroatoms. The second-order valence-corrected chi connectivity index (χ2v) is 7.35. The summed E-state index contributed by atoms with van der Waals surface area (Å²) in [5.74, 6) is 0. The molecule has 22 heavy (non-hydrogen) atoms. The molecular weight excluding hydrogens is 270 g/mol. The molecule has 1 unspecified atom stereocenters. The normalized spacial score (nSPS) is 23.0. The van der Waals surface area contributed by atoms with Crippen LogP contribution in [0.3, 0.4) is 0 Å². The van der Waals surface area contributed by atoms with Gasteiger partial charge in [0.25, 0.3) is 0 Å². The number of benzene rings is 1. The molecule has 0 spiro atoms. The first-order chi connectivity index (χ1) is 10.5. The Bertz CT molecular complexity index is 629. The van der Waals surface area contributed by atoms with E-state index in [1.54, 1.807) is 0 Å². The van der Waals surface area contributed by atoms with Crippen molar-refractivity contribution < 1.29 is 0 Å². The number of hydrogen-bond donors (Lipinski definition) is 0. The van der Waals surface area contributed by atoms with E-state index < -0.39 is 0 Å². The third kappa shape index (κ3) is 2.58. The summed E-state index contributed by atoms with van der Waals surface area (Å²) in [6, 6.07) is 11.0. The molecule has 0 N–H and O–H groups in total. The molecule has 0 bridgehead atoms. The largest absolute Gasteiger partial charge is 0.334 e. The predicted molar refractivity (Wildman–Crippen MR) is 90.8 cm³/mol. The summed E-state index contributed by atoms with van der Waals surface area (Å²) in [5, 5.41) is 0. The zero-order chi connectivity index (χ0) is 15.8. The van der Waals surface area contributed by atoms with E-state index >= 15 is 0 Å². The summed E-state index contributed by atoms with van der Waals surface area (Å²) in [7, 11) is 2.23. The van der Waals surface area contributed by atoms with Crippen molar-refractivity contribution in [3.8, 4) is 0 Å². The van der Waals surface area contributed by atoms with Gasteiger partial charge in [0.05, 0.1) is 12.0 Å². The van der Waals surface area contributed by atoms with Crippen molar-refractivity contribution in [3.63, 3.8) is 0 Å². The molecule has 1 saturated carbocycles. The molecule has 0 amide bonds. The highest BCUT2D eigenvalue weighted by Gasteiger charge is 2.61. The highest BCUT2D eigenvalue weighted by atomic mass is 15.2. The number of imidazole rings is 1. The molecule has 0 aliphatic heterocycles. The molecule has 1 aliphatic rings. The molecule has 1 aromatic heterocycles. The van der Waals surface area contributed by atoms with Crippen LogP contribution in [0.4, 0.5) is 0 Å². The molecule has 3 nitrogen and oxygen atoms in total. The number of rotatable bonds is 6. The van der Waals surface area contributed by atoms with Crippen molar-refractivity contribution in [1.82, 2.24) is 14.5 Å². The van der Waals surface area contributed by atoms with Crippen LogP contribution in [0, 0.1) is 5.41 Å². The fourth-order valence-corrected chi connectivity index (χ4v) is 3.88. The monoisotopic (exact) mass is 297 g/mol. The molecule has 0 radical (unpaired) electrons. The summed E-state index contributed by atoms with van der Waals surface area (Å²) in [6.45, 7) is 9.99. The molecule has 1 fully saturated rings. The van der Waals surface area contributed by atoms with Crippen LogP contribution in [0.25, 0.3) is 0 Å². The van der Waals surface area contributed by atoms with E-state index in [0.29, 0.717) is 10.8 Å². The minimum absolute atomic E-state index is 0.292. The van der Waals surface area contributed by atoms with Gasteiger partial charge in [-0.1, -0.05) is 44.2 Å². The van der Waals surface area contributed by atoms with Crippen LogP contribution in [0.15, 0.2) is 42.9 Å².